The molecule has 0 heterocycles. The first kappa shape index (κ1) is 9.25. The van der Waals surface area contributed by atoms with Crippen LogP contribution in [0.1, 0.15) is 27.2 Å². The zero-order chi connectivity index (χ0) is 7.33. The third kappa shape index (κ3) is 4.73. The number of hydrogen-bond acceptors (Lipinski definition) is 1. The van der Waals surface area contributed by atoms with Crippen LogP contribution in [0, 0.1) is 0 Å². The Kier molecular flexibility index (Phi) is 4.24. The number of hydrogen-bond donors (Lipinski definition) is 1. The standard InChI is InChI=1S/C7H16ClN/c1-4-5-9-7(2,3)6-8/h9H,4-6H2,1-3H3. The largest absolute Gasteiger partial charge is 0.311 e. The molecule has 0 bridgehead atoms. The van der Waals surface area contributed by atoms with E-state index in [1.165, 1.54) is 6.42 Å². The first-order valence-corrected chi connectivity index (χ1v) is 3.97. The molecule has 0 saturated carbocycles. The van der Waals surface area contributed by atoms with E-state index < -0.39 is 0 Å². The molecular formula is C7H16ClN. The van der Waals surface area contributed by atoms with Crippen molar-refractivity contribution in [1.82, 2.24) is 5.32 Å². The van der Waals surface area contributed by atoms with Crippen LogP contribution in [0.15, 0.2) is 0 Å². The highest BCUT2D eigenvalue weighted by Gasteiger charge is 2.12. The molecule has 56 valence electrons. The van der Waals surface area contributed by atoms with Crippen LogP contribution in [-0.4, -0.2) is 18.0 Å². The average molecular weight is 150 g/mol. The SMILES string of the molecule is CCCNC(C)(C)CCl. The first-order valence-electron chi connectivity index (χ1n) is 3.43. The molecule has 2 heteroatoms. The van der Waals surface area contributed by atoms with Gasteiger partial charge in [0.05, 0.1) is 0 Å². The Morgan fingerprint density at radius 3 is 2.33 bits per heavy atom. The smallest absolute Gasteiger partial charge is 0.0400 e. The highest BCUT2D eigenvalue weighted by Crippen LogP contribution is 2.03. The third-order valence-corrected chi connectivity index (χ3v) is 1.86. The molecule has 0 aromatic heterocycles. The molecule has 0 radical (unpaired) electrons. The van der Waals surface area contributed by atoms with E-state index in [2.05, 4.69) is 26.1 Å². The predicted molar refractivity (Wildman–Crippen MR) is 43.1 cm³/mol. The minimum absolute atomic E-state index is 0.109. The Balaban J connectivity index is 3.33. The molecule has 0 aliphatic carbocycles. The van der Waals surface area contributed by atoms with Gasteiger partial charge in [-0.15, -0.1) is 11.6 Å². The van der Waals surface area contributed by atoms with Crippen LogP contribution >= 0.6 is 11.6 Å². The van der Waals surface area contributed by atoms with Crippen LogP contribution in [0.3, 0.4) is 0 Å². The summed E-state index contributed by atoms with van der Waals surface area (Å²) in [7, 11) is 0. The second-order valence-corrected chi connectivity index (χ2v) is 3.21. The summed E-state index contributed by atoms with van der Waals surface area (Å²) in [5.41, 5.74) is 0.109. The maximum atomic E-state index is 5.67. The van der Waals surface area contributed by atoms with Gasteiger partial charge in [-0.05, 0) is 26.8 Å². The summed E-state index contributed by atoms with van der Waals surface area (Å²) in [4.78, 5) is 0. The van der Waals surface area contributed by atoms with Crippen LogP contribution in [0.2, 0.25) is 0 Å². The van der Waals surface area contributed by atoms with Crippen molar-refractivity contribution >= 4 is 11.6 Å². The molecule has 0 aliphatic rings. The van der Waals surface area contributed by atoms with Crippen LogP contribution < -0.4 is 5.32 Å². The normalized spacial score (nSPS) is 12.0. The Labute approximate surface area is 62.8 Å². The molecule has 0 fully saturated rings. The van der Waals surface area contributed by atoms with E-state index in [-0.39, 0.29) is 5.54 Å². The van der Waals surface area contributed by atoms with Gasteiger partial charge >= 0.3 is 0 Å². The number of alkyl halides is 1. The predicted octanol–water partition coefficient (Wildman–Crippen LogP) is 2.00. The lowest BCUT2D eigenvalue weighted by Crippen LogP contribution is -2.41. The summed E-state index contributed by atoms with van der Waals surface area (Å²) in [6, 6.07) is 0. The van der Waals surface area contributed by atoms with E-state index in [4.69, 9.17) is 11.6 Å². The van der Waals surface area contributed by atoms with Gasteiger partial charge in [0, 0.05) is 11.4 Å². The van der Waals surface area contributed by atoms with E-state index in [1.54, 1.807) is 0 Å². The molecule has 0 unspecified atom stereocenters. The lowest BCUT2D eigenvalue weighted by molar-refractivity contribution is 0.432. The lowest BCUT2D eigenvalue weighted by atomic mass is 10.1. The second kappa shape index (κ2) is 4.13. The van der Waals surface area contributed by atoms with Gasteiger partial charge in [0.2, 0.25) is 0 Å². The summed E-state index contributed by atoms with van der Waals surface area (Å²) in [6.45, 7) is 7.42. The molecule has 0 aromatic carbocycles. The number of halogens is 1. The van der Waals surface area contributed by atoms with Crippen molar-refractivity contribution in [3.05, 3.63) is 0 Å². The van der Waals surface area contributed by atoms with Gasteiger partial charge in [-0.25, -0.2) is 0 Å². The average Bonchev–Trinajstić information content (AvgIpc) is 1.84. The summed E-state index contributed by atoms with van der Waals surface area (Å²) in [6.07, 6.45) is 1.17. The lowest BCUT2D eigenvalue weighted by Gasteiger charge is -2.22. The van der Waals surface area contributed by atoms with Crippen molar-refractivity contribution in [2.45, 2.75) is 32.7 Å². The summed E-state index contributed by atoms with van der Waals surface area (Å²) >= 11 is 5.67. The van der Waals surface area contributed by atoms with Gasteiger partial charge < -0.3 is 5.32 Å². The Morgan fingerprint density at radius 1 is 1.44 bits per heavy atom. The minimum atomic E-state index is 0.109. The van der Waals surface area contributed by atoms with Crippen molar-refractivity contribution in [3.63, 3.8) is 0 Å². The molecule has 1 N–H and O–H groups in total. The molecule has 0 saturated heterocycles. The van der Waals surface area contributed by atoms with Crippen LogP contribution in [0.5, 0.6) is 0 Å². The summed E-state index contributed by atoms with van der Waals surface area (Å²) in [5, 5.41) is 3.33. The van der Waals surface area contributed by atoms with Crippen molar-refractivity contribution in [1.29, 1.82) is 0 Å². The molecule has 0 aliphatic heterocycles. The molecule has 0 atom stereocenters. The van der Waals surface area contributed by atoms with Gasteiger partial charge in [0.15, 0.2) is 0 Å². The van der Waals surface area contributed by atoms with E-state index in [1.807, 2.05) is 0 Å². The van der Waals surface area contributed by atoms with E-state index in [0.717, 1.165) is 6.54 Å². The Hall–Kier alpha value is 0.250. The third-order valence-electron chi connectivity index (χ3n) is 1.19. The Bertz CT molecular complexity index is 71.3. The highest BCUT2D eigenvalue weighted by atomic mass is 35.5. The van der Waals surface area contributed by atoms with Crippen molar-refractivity contribution < 1.29 is 0 Å². The van der Waals surface area contributed by atoms with Gasteiger partial charge in [-0.3, -0.25) is 0 Å². The highest BCUT2D eigenvalue weighted by molar-refractivity contribution is 6.18. The fourth-order valence-electron chi connectivity index (χ4n) is 0.511. The maximum Gasteiger partial charge on any atom is 0.0400 e. The summed E-state index contributed by atoms with van der Waals surface area (Å²) in [5.74, 6) is 0.674. The fourth-order valence-corrected chi connectivity index (χ4v) is 0.605. The molecular weight excluding hydrogens is 134 g/mol. The minimum Gasteiger partial charge on any atom is -0.311 e. The van der Waals surface area contributed by atoms with Crippen molar-refractivity contribution in [2.24, 2.45) is 0 Å². The Morgan fingerprint density at radius 2 is 2.00 bits per heavy atom. The first-order chi connectivity index (χ1) is 4.12. The molecule has 9 heavy (non-hydrogen) atoms. The number of rotatable bonds is 4. The van der Waals surface area contributed by atoms with Gasteiger partial charge in [0.25, 0.3) is 0 Å². The van der Waals surface area contributed by atoms with Crippen LogP contribution in [0.25, 0.3) is 0 Å². The quantitative estimate of drug-likeness (QED) is 0.603. The zero-order valence-corrected chi connectivity index (χ0v) is 7.26. The second-order valence-electron chi connectivity index (χ2n) is 2.94. The van der Waals surface area contributed by atoms with Gasteiger partial charge in [0.1, 0.15) is 0 Å². The van der Waals surface area contributed by atoms with Gasteiger partial charge in [-0.1, -0.05) is 6.92 Å². The van der Waals surface area contributed by atoms with Gasteiger partial charge in [-0.2, -0.15) is 0 Å². The number of nitrogens with one attached hydrogen (secondary N) is 1. The van der Waals surface area contributed by atoms with E-state index >= 15 is 0 Å². The molecule has 0 spiro atoms. The molecule has 0 aromatic rings. The van der Waals surface area contributed by atoms with E-state index in [0.29, 0.717) is 5.88 Å². The van der Waals surface area contributed by atoms with E-state index in [9.17, 15) is 0 Å². The maximum absolute atomic E-state index is 5.67. The van der Waals surface area contributed by atoms with Crippen molar-refractivity contribution in [3.8, 4) is 0 Å². The molecule has 1 nitrogen and oxygen atoms in total. The monoisotopic (exact) mass is 149 g/mol. The summed E-state index contributed by atoms with van der Waals surface area (Å²) < 4.78 is 0. The fraction of sp³-hybridized carbons (Fsp3) is 1.00. The van der Waals surface area contributed by atoms with Crippen molar-refractivity contribution in [2.75, 3.05) is 12.4 Å². The van der Waals surface area contributed by atoms with Crippen LogP contribution in [-0.2, 0) is 0 Å². The molecule has 0 amide bonds. The van der Waals surface area contributed by atoms with Crippen LogP contribution in [0.4, 0.5) is 0 Å². The topological polar surface area (TPSA) is 12.0 Å². The molecule has 0 rings (SSSR count). The zero-order valence-electron chi connectivity index (χ0n) is 6.50.